The van der Waals surface area contributed by atoms with Crippen LogP contribution in [0.15, 0.2) is 0 Å². The van der Waals surface area contributed by atoms with E-state index < -0.39 is 0 Å². The Bertz CT molecular complexity index is 9.61. The molecule has 0 unspecified atom stereocenters. The molecule has 0 aromatic carbocycles. The Kier molecular flexibility index (Phi) is 56.5. The minimum atomic E-state index is -0.0833. The summed E-state index contributed by atoms with van der Waals surface area (Å²) in [6.07, 6.45) is 0. The van der Waals surface area contributed by atoms with Crippen LogP contribution in [0.2, 0.25) is 1.39 Å². The van der Waals surface area contributed by atoms with Gasteiger partial charge in [-0.1, -0.05) is 0 Å². The Morgan fingerprint density at radius 2 is 1.40 bits per heavy atom. The van der Waals surface area contributed by atoms with Gasteiger partial charge in [-0.3, -0.25) is 0 Å². The topological polar surface area (TPSA) is 63.0 Å². The van der Waals surface area contributed by atoms with Crippen molar-refractivity contribution in [1.82, 2.24) is 0 Å². The van der Waals surface area contributed by atoms with Gasteiger partial charge in [0.1, 0.15) is 0 Å². The Hall–Kier alpha value is 1.56. The molecule has 0 saturated heterocycles. The molecule has 0 saturated carbocycles. The average molecular weight is 201 g/mol. The van der Waals surface area contributed by atoms with E-state index >= 15 is 0 Å². The van der Waals surface area contributed by atoms with Gasteiger partial charge in [-0.05, 0) is 0 Å². The molecule has 4 heteroatoms. The van der Waals surface area contributed by atoms with Crippen LogP contribution < -0.4 is 0 Å². The Labute approximate surface area is 57.0 Å². The summed E-state index contributed by atoms with van der Waals surface area (Å²) >= 11 is -0.0833. The molecule has 0 aliphatic carbocycles. The SMILES string of the molecule is O.O.[BH2][Ba][CH3]. The first-order valence-corrected chi connectivity index (χ1v) is 10.3. The van der Waals surface area contributed by atoms with Gasteiger partial charge in [0.25, 0.3) is 0 Å². The molecule has 2 nitrogen and oxygen atoms in total. The Morgan fingerprint density at radius 1 is 1.40 bits per heavy atom. The van der Waals surface area contributed by atoms with E-state index in [1.165, 1.54) is 0 Å². The third-order valence-electron chi connectivity index (χ3n) is 0. The van der Waals surface area contributed by atoms with Crippen molar-refractivity contribution in [3.63, 3.8) is 0 Å². The van der Waals surface area contributed by atoms with E-state index in [4.69, 9.17) is 0 Å². The van der Waals surface area contributed by atoms with Gasteiger partial charge < -0.3 is 11.0 Å². The summed E-state index contributed by atoms with van der Waals surface area (Å²) in [5.74, 6) is 0. The van der Waals surface area contributed by atoms with Crippen LogP contribution >= 0.6 is 0 Å². The van der Waals surface area contributed by atoms with E-state index in [9.17, 15) is 0 Å². The van der Waals surface area contributed by atoms with E-state index in [2.05, 4.69) is 3.31 Å². The fraction of sp³-hybridized carbons (Fsp3) is 1.00. The van der Waals surface area contributed by atoms with Crippen molar-refractivity contribution in [2.24, 2.45) is 0 Å². The zero-order valence-corrected chi connectivity index (χ0v) is 8.15. The van der Waals surface area contributed by atoms with E-state index in [0.29, 0.717) is 0 Å². The van der Waals surface area contributed by atoms with Crippen LogP contribution in [0.1, 0.15) is 0 Å². The summed E-state index contributed by atoms with van der Waals surface area (Å²) in [6, 6.07) is 0. The fourth-order valence-electron chi connectivity index (χ4n) is 0. The first-order valence-electron chi connectivity index (χ1n) is 1.41. The fourth-order valence-corrected chi connectivity index (χ4v) is 0. The molecule has 4 N–H and O–H groups in total. The molecule has 0 bridgehead atoms. The van der Waals surface area contributed by atoms with Gasteiger partial charge in [0, 0.05) is 0 Å². The number of hydrogen-bond donors (Lipinski definition) is 0. The molecule has 0 spiro atoms. The van der Waals surface area contributed by atoms with Crippen LogP contribution in [0, 0.1) is 0 Å². The molecule has 0 radical (unpaired) electrons. The van der Waals surface area contributed by atoms with Crippen LogP contribution in [0.25, 0.3) is 0 Å². The van der Waals surface area contributed by atoms with Crippen LogP contribution in [0.4, 0.5) is 0 Å². The maximum absolute atomic E-state index is 2.35. The summed E-state index contributed by atoms with van der Waals surface area (Å²) in [4.78, 5) is 0. The number of rotatable bonds is 0. The third kappa shape index (κ3) is 29.0. The van der Waals surface area contributed by atoms with Crippen LogP contribution in [0.3, 0.4) is 0 Å². The molecule has 0 aliphatic heterocycles. The van der Waals surface area contributed by atoms with Crippen molar-refractivity contribution >= 4 is 45.8 Å². The van der Waals surface area contributed by atoms with E-state index in [1.807, 2.05) is 0 Å². The Balaban J connectivity index is -0.0000000200. The standard InChI is InChI=1S/CH3.BH2.Ba.2H2O/h1H3;1H2;;2*1H2/q;+1;-1;;. The predicted octanol–water partition coefficient (Wildman–Crippen LogP) is -2.36. The van der Waals surface area contributed by atoms with Gasteiger partial charge in [-0.25, -0.2) is 0 Å². The van der Waals surface area contributed by atoms with Crippen molar-refractivity contribution in [3.8, 4) is 0 Å². The number of hydrogen-bond acceptors (Lipinski definition) is 0. The van der Waals surface area contributed by atoms with E-state index in [1.54, 1.807) is 0 Å². The summed E-state index contributed by atoms with van der Waals surface area (Å²) in [5, 5.41) is 0. The van der Waals surface area contributed by atoms with Crippen molar-refractivity contribution in [1.29, 1.82) is 0 Å². The molecule has 0 fully saturated rings. The normalized spacial score (nSPS) is 1.80. The van der Waals surface area contributed by atoms with E-state index in [-0.39, 0.29) is 54.8 Å². The molecule has 0 aliphatic rings. The monoisotopic (exact) mass is 202 g/mol. The summed E-state index contributed by atoms with van der Waals surface area (Å²) in [5.41, 5.74) is 0. The van der Waals surface area contributed by atoms with Gasteiger partial charge in [0.2, 0.25) is 0 Å². The maximum atomic E-state index is 2.35. The quantitative estimate of drug-likeness (QED) is 0.394. The van der Waals surface area contributed by atoms with Gasteiger partial charge in [-0.15, -0.1) is 0 Å². The molecule has 0 aromatic rings. The predicted molar refractivity (Wildman–Crippen MR) is 27.4 cm³/mol. The van der Waals surface area contributed by atoms with Gasteiger partial charge in [0.05, 0.1) is 0 Å². The zero-order chi connectivity index (χ0) is 2.71. The molecule has 0 aromatic heterocycles. The molecule has 0 atom stereocenters. The zero-order valence-electron chi connectivity index (χ0n) is 3.71. The van der Waals surface area contributed by atoms with Crippen molar-refractivity contribution in [3.05, 3.63) is 0 Å². The summed E-state index contributed by atoms with van der Waals surface area (Å²) < 4.78 is 4.69. The minimum absolute atomic E-state index is 0. The van der Waals surface area contributed by atoms with Gasteiger partial charge >= 0.3 is 47.2 Å². The second-order valence-corrected chi connectivity index (χ2v) is 5.15. The first-order chi connectivity index (χ1) is 1.41. The second kappa shape index (κ2) is 17.7. The molecule has 5 heavy (non-hydrogen) atoms. The van der Waals surface area contributed by atoms with E-state index in [0.717, 1.165) is 0 Å². The average Bonchev–Trinajstić information content (AvgIpc) is 0.918. The van der Waals surface area contributed by atoms with Crippen LogP contribution in [0.5, 0.6) is 0 Å². The van der Waals surface area contributed by atoms with Crippen molar-refractivity contribution in [2.75, 3.05) is 0 Å². The molecular weight excluding hydrogens is 192 g/mol. The molecule has 0 heterocycles. The molecular formula is CH9BBaO2. The van der Waals surface area contributed by atoms with Crippen LogP contribution in [-0.2, 0) is 0 Å². The van der Waals surface area contributed by atoms with Crippen LogP contribution in [-0.4, -0.2) is 56.7 Å². The molecule has 0 amide bonds. The Morgan fingerprint density at radius 3 is 1.40 bits per heavy atom. The molecule has 0 rings (SSSR count). The summed E-state index contributed by atoms with van der Waals surface area (Å²) in [6.45, 7) is 0. The third-order valence-corrected chi connectivity index (χ3v) is 0. The van der Waals surface area contributed by atoms with Gasteiger partial charge in [0.15, 0.2) is 0 Å². The molecule has 30 valence electrons. The van der Waals surface area contributed by atoms with Crippen molar-refractivity contribution < 1.29 is 11.0 Å². The van der Waals surface area contributed by atoms with Gasteiger partial charge in [-0.2, -0.15) is 0 Å². The summed E-state index contributed by atoms with van der Waals surface area (Å²) in [7, 11) is 0. The van der Waals surface area contributed by atoms with Crippen molar-refractivity contribution in [2.45, 2.75) is 1.39 Å². The first kappa shape index (κ1) is 16.0. The second-order valence-electron chi connectivity index (χ2n) is 0.707.